The highest BCUT2D eigenvalue weighted by atomic mass is 15.3. The first-order chi connectivity index (χ1) is 9.28. The van der Waals surface area contributed by atoms with E-state index >= 15 is 0 Å². The van der Waals surface area contributed by atoms with E-state index in [-0.39, 0.29) is 5.95 Å². The van der Waals surface area contributed by atoms with Gasteiger partial charge in [-0.3, -0.25) is 0 Å². The molecule has 2 heterocycles. The Hall–Kier alpha value is -1.56. The van der Waals surface area contributed by atoms with E-state index in [2.05, 4.69) is 20.3 Å². The molecule has 1 aliphatic heterocycles. The molecule has 0 spiro atoms. The van der Waals surface area contributed by atoms with Crippen LogP contribution in [0.15, 0.2) is 6.07 Å². The zero-order valence-electron chi connectivity index (χ0n) is 11.2. The number of aromatic nitrogens is 2. The smallest absolute Gasteiger partial charge is 0.223 e. The number of hydrogen-bond acceptors (Lipinski definition) is 6. The fraction of sp³-hybridized carbons (Fsp3) is 0.692. The van der Waals surface area contributed by atoms with E-state index in [1.807, 2.05) is 6.07 Å². The van der Waals surface area contributed by atoms with Gasteiger partial charge in [0.2, 0.25) is 5.95 Å². The largest absolute Gasteiger partial charge is 0.368 e. The summed E-state index contributed by atoms with van der Waals surface area (Å²) in [6.45, 7) is 1.06. The predicted molar refractivity (Wildman–Crippen MR) is 76.6 cm³/mol. The number of nitrogens with zero attached hydrogens (tertiary/aromatic N) is 3. The van der Waals surface area contributed by atoms with Crippen molar-refractivity contribution in [3.8, 4) is 0 Å². The standard InChI is InChI=1S/C13H22N6/c14-13-16-11(18-15)8-12(17-13)19-7-3-6-10(19)9-4-1-2-5-9/h8-10H,1-7,15H2,(H3,14,16,17,18). The van der Waals surface area contributed by atoms with Crippen molar-refractivity contribution in [1.82, 2.24) is 9.97 Å². The molecule has 19 heavy (non-hydrogen) atoms. The molecule has 2 aliphatic rings. The van der Waals surface area contributed by atoms with Crippen LogP contribution < -0.4 is 21.9 Å². The Morgan fingerprint density at radius 2 is 1.95 bits per heavy atom. The van der Waals surface area contributed by atoms with Crippen molar-refractivity contribution in [1.29, 1.82) is 0 Å². The first-order valence-corrected chi connectivity index (χ1v) is 7.16. The van der Waals surface area contributed by atoms with Crippen LogP contribution in [0.5, 0.6) is 0 Å². The lowest BCUT2D eigenvalue weighted by Crippen LogP contribution is -2.35. The molecule has 1 unspecified atom stereocenters. The molecule has 104 valence electrons. The third-order valence-electron chi connectivity index (χ3n) is 4.42. The Bertz CT molecular complexity index is 443. The maximum absolute atomic E-state index is 5.76. The van der Waals surface area contributed by atoms with Crippen LogP contribution in [-0.4, -0.2) is 22.6 Å². The molecule has 0 radical (unpaired) electrons. The van der Waals surface area contributed by atoms with Crippen LogP contribution in [0.3, 0.4) is 0 Å². The zero-order chi connectivity index (χ0) is 13.2. The Balaban J connectivity index is 1.85. The van der Waals surface area contributed by atoms with E-state index < -0.39 is 0 Å². The van der Waals surface area contributed by atoms with Gasteiger partial charge in [-0.15, -0.1) is 0 Å². The number of hydrazine groups is 1. The topological polar surface area (TPSA) is 93.1 Å². The van der Waals surface area contributed by atoms with Crippen LogP contribution in [-0.2, 0) is 0 Å². The van der Waals surface area contributed by atoms with E-state index in [9.17, 15) is 0 Å². The summed E-state index contributed by atoms with van der Waals surface area (Å²) in [5, 5.41) is 0. The lowest BCUT2D eigenvalue weighted by Gasteiger charge is -2.30. The highest BCUT2D eigenvalue weighted by Crippen LogP contribution is 2.37. The predicted octanol–water partition coefficient (Wildman–Crippen LogP) is 1.50. The minimum atomic E-state index is 0.280. The van der Waals surface area contributed by atoms with Crippen molar-refractivity contribution < 1.29 is 0 Å². The molecule has 1 aromatic heterocycles. The number of hydrogen-bond donors (Lipinski definition) is 3. The molecule has 1 aromatic rings. The van der Waals surface area contributed by atoms with Gasteiger partial charge in [0.25, 0.3) is 0 Å². The molecule has 3 rings (SSSR count). The second-order valence-corrected chi connectivity index (χ2v) is 5.56. The van der Waals surface area contributed by atoms with E-state index in [0.29, 0.717) is 11.9 Å². The monoisotopic (exact) mass is 262 g/mol. The summed E-state index contributed by atoms with van der Waals surface area (Å²) in [7, 11) is 0. The van der Waals surface area contributed by atoms with Crippen LogP contribution in [0.4, 0.5) is 17.6 Å². The molecule has 1 saturated heterocycles. The van der Waals surface area contributed by atoms with Crippen molar-refractivity contribution in [2.75, 3.05) is 22.6 Å². The molecule has 0 aromatic carbocycles. The summed E-state index contributed by atoms with van der Waals surface area (Å²) in [6.07, 6.45) is 7.94. The van der Waals surface area contributed by atoms with E-state index in [0.717, 1.165) is 18.3 Å². The number of anilines is 3. The first-order valence-electron chi connectivity index (χ1n) is 7.16. The lowest BCUT2D eigenvalue weighted by molar-refractivity contribution is 0.429. The maximum atomic E-state index is 5.76. The highest BCUT2D eigenvalue weighted by Gasteiger charge is 2.34. The van der Waals surface area contributed by atoms with Gasteiger partial charge in [-0.25, -0.2) is 5.84 Å². The number of nitrogens with one attached hydrogen (secondary N) is 1. The van der Waals surface area contributed by atoms with Crippen molar-refractivity contribution in [2.45, 2.75) is 44.6 Å². The fourth-order valence-corrected chi connectivity index (χ4v) is 3.58. The number of nitrogen functional groups attached to an aromatic ring is 2. The fourth-order valence-electron chi connectivity index (χ4n) is 3.58. The average Bonchev–Trinajstić information content (AvgIpc) is 3.08. The quantitative estimate of drug-likeness (QED) is 0.564. The van der Waals surface area contributed by atoms with E-state index in [1.54, 1.807) is 0 Å². The molecule has 6 nitrogen and oxygen atoms in total. The van der Waals surface area contributed by atoms with Gasteiger partial charge in [0.15, 0.2) is 0 Å². The molecule has 2 fully saturated rings. The minimum absolute atomic E-state index is 0.280. The molecule has 1 atom stereocenters. The average molecular weight is 262 g/mol. The summed E-state index contributed by atoms with van der Waals surface area (Å²) in [4.78, 5) is 10.8. The normalized spacial score (nSPS) is 24.1. The molecular formula is C13H22N6. The number of nitrogens with two attached hydrogens (primary N) is 2. The van der Waals surface area contributed by atoms with Gasteiger partial charge < -0.3 is 16.1 Å². The molecule has 5 N–H and O–H groups in total. The Morgan fingerprint density at radius 1 is 1.16 bits per heavy atom. The van der Waals surface area contributed by atoms with Crippen LogP contribution in [0, 0.1) is 5.92 Å². The van der Waals surface area contributed by atoms with Crippen LogP contribution >= 0.6 is 0 Å². The summed E-state index contributed by atoms with van der Waals surface area (Å²) >= 11 is 0. The highest BCUT2D eigenvalue weighted by molar-refractivity contribution is 5.53. The van der Waals surface area contributed by atoms with Crippen LogP contribution in [0.1, 0.15) is 38.5 Å². The van der Waals surface area contributed by atoms with Crippen molar-refractivity contribution >= 4 is 17.6 Å². The summed E-state index contributed by atoms with van der Waals surface area (Å²) in [5.41, 5.74) is 8.32. The molecule has 1 saturated carbocycles. The molecule has 0 amide bonds. The van der Waals surface area contributed by atoms with Gasteiger partial charge in [-0.1, -0.05) is 12.8 Å². The SMILES string of the molecule is NNc1cc(N2CCCC2C2CCCC2)nc(N)n1. The molecule has 1 aliphatic carbocycles. The summed E-state index contributed by atoms with van der Waals surface area (Å²) in [6, 6.07) is 2.51. The molecule has 6 heteroatoms. The summed E-state index contributed by atoms with van der Waals surface area (Å²) < 4.78 is 0. The Kier molecular flexibility index (Phi) is 3.42. The third-order valence-corrected chi connectivity index (χ3v) is 4.42. The lowest BCUT2D eigenvalue weighted by atomic mass is 9.96. The van der Waals surface area contributed by atoms with Gasteiger partial charge in [-0.2, -0.15) is 9.97 Å². The van der Waals surface area contributed by atoms with E-state index in [1.165, 1.54) is 38.5 Å². The van der Waals surface area contributed by atoms with Crippen molar-refractivity contribution in [3.63, 3.8) is 0 Å². The van der Waals surface area contributed by atoms with Crippen LogP contribution in [0.25, 0.3) is 0 Å². The van der Waals surface area contributed by atoms with Gasteiger partial charge in [0.1, 0.15) is 11.6 Å². The Morgan fingerprint density at radius 3 is 2.68 bits per heavy atom. The third kappa shape index (κ3) is 2.45. The summed E-state index contributed by atoms with van der Waals surface area (Å²) in [5.74, 6) is 8.02. The molecular weight excluding hydrogens is 240 g/mol. The van der Waals surface area contributed by atoms with Gasteiger partial charge in [0.05, 0.1) is 0 Å². The van der Waals surface area contributed by atoms with Crippen molar-refractivity contribution in [2.24, 2.45) is 11.8 Å². The van der Waals surface area contributed by atoms with Crippen LogP contribution in [0.2, 0.25) is 0 Å². The molecule has 0 bridgehead atoms. The maximum Gasteiger partial charge on any atom is 0.223 e. The Labute approximate surface area is 113 Å². The van der Waals surface area contributed by atoms with Crippen molar-refractivity contribution in [3.05, 3.63) is 6.07 Å². The van der Waals surface area contributed by atoms with Gasteiger partial charge in [-0.05, 0) is 31.6 Å². The second kappa shape index (κ2) is 5.21. The first kappa shape index (κ1) is 12.5. The van der Waals surface area contributed by atoms with Gasteiger partial charge in [0, 0.05) is 18.7 Å². The zero-order valence-corrected chi connectivity index (χ0v) is 11.2. The second-order valence-electron chi connectivity index (χ2n) is 5.56. The minimum Gasteiger partial charge on any atom is -0.368 e. The van der Waals surface area contributed by atoms with E-state index in [4.69, 9.17) is 11.6 Å². The number of rotatable bonds is 3. The van der Waals surface area contributed by atoms with Gasteiger partial charge >= 0.3 is 0 Å².